The minimum absolute atomic E-state index is 0.243. The molecule has 1 saturated heterocycles. The number of rotatable bonds is 1. The van der Waals surface area contributed by atoms with Crippen LogP contribution in [-0.4, -0.2) is 39.8 Å². The van der Waals surface area contributed by atoms with E-state index >= 15 is 0 Å². The molecule has 1 aliphatic rings. The van der Waals surface area contributed by atoms with Gasteiger partial charge in [0.15, 0.2) is 0 Å². The molecule has 0 radical (unpaired) electrons. The van der Waals surface area contributed by atoms with Crippen LogP contribution in [0.25, 0.3) is 10.9 Å². The van der Waals surface area contributed by atoms with Crippen molar-refractivity contribution in [2.45, 2.75) is 38.9 Å². The number of nitrogens with zero attached hydrogens (tertiary/aromatic N) is 2. The Balaban J connectivity index is 1.76. The van der Waals surface area contributed by atoms with Gasteiger partial charge in [-0.1, -0.05) is 12.1 Å². The molecule has 1 fully saturated rings. The standard InChI is InChI=1S/C18H22N2O3/c1-12-5-6-13-9-14(7-8-15(13)19-12)18(22)10-20(11-18)16(21)23-17(2,3)4/h5-9,22H,10-11H2,1-4H3. The van der Waals surface area contributed by atoms with Crippen LogP contribution >= 0.6 is 0 Å². The Morgan fingerprint density at radius 1 is 1.26 bits per heavy atom. The first-order valence-corrected chi connectivity index (χ1v) is 7.75. The molecule has 1 N–H and O–H groups in total. The molecule has 122 valence electrons. The van der Waals surface area contributed by atoms with Crippen LogP contribution in [0.15, 0.2) is 30.3 Å². The van der Waals surface area contributed by atoms with Crippen LogP contribution in [0.4, 0.5) is 4.79 Å². The van der Waals surface area contributed by atoms with Gasteiger partial charge in [0.05, 0.1) is 18.6 Å². The molecule has 0 saturated carbocycles. The summed E-state index contributed by atoms with van der Waals surface area (Å²) in [5.41, 5.74) is 1.12. The van der Waals surface area contributed by atoms with Crippen LogP contribution in [0.3, 0.4) is 0 Å². The Hall–Kier alpha value is -2.14. The summed E-state index contributed by atoms with van der Waals surface area (Å²) >= 11 is 0. The SMILES string of the molecule is Cc1ccc2cc(C3(O)CN(C(=O)OC(C)(C)C)C3)ccc2n1. The number of amides is 1. The van der Waals surface area contributed by atoms with Gasteiger partial charge in [0.2, 0.25) is 0 Å². The maximum Gasteiger partial charge on any atom is 0.410 e. The van der Waals surface area contributed by atoms with Crippen LogP contribution in [0.1, 0.15) is 32.0 Å². The Morgan fingerprint density at radius 2 is 1.96 bits per heavy atom. The van der Waals surface area contributed by atoms with Crippen molar-refractivity contribution in [1.82, 2.24) is 9.88 Å². The molecule has 1 aromatic carbocycles. The van der Waals surface area contributed by atoms with Gasteiger partial charge in [-0.3, -0.25) is 4.98 Å². The number of aryl methyl sites for hydroxylation is 1. The van der Waals surface area contributed by atoms with E-state index in [9.17, 15) is 9.90 Å². The zero-order chi connectivity index (χ0) is 16.8. The van der Waals surface area contributed by atoms with Crippen LogP contribution in [0.2, 0.25) is 0 Å². The fraction of sp³-hybridized carbons (Fsp3) is 0.444. The summed E-state index contributed by atoms with van der Waals surface area (Å²) in [6, 6.07) is 9.67. The number of ether oxygens (including phenoxy) is 1. The van der Waals surface area contributed by atoms with E-state index in [2.05, 4.69) is 4.98 Å². The summed E-state index contributed by atoms with van der Waals surface area (Å²) in [7, 11) is 0. The van der Waals surface area contributed by atoms with Gasteiger partial charge in [0.1, 0.15) is 11.2 Å². The van der Waals surface area contributed by atoms with Crippen LogP contribution in [0, 0.1) is 6.92 Å². The number of carbonyl (C=O) groups excluding carboxylic acids is 1. The maximum atomic E-state index is 12.0. The number of pyridine rings is 1. The molecule has 1 aromatic heterocycles. The second-order valence-corrected chi connectivity index (χ2v) is 7.23. The number of hydrogen-bond acceptors (Lipinski definition) is 4. The molecular weight excluding hydrogens is 292 g/mol. The Kier molecular flexibility index (Phi) is 3.56. The van der Waals surface area contributed by atoms with Gasteiger partial charge >= 0.3 is 6.09 Å². The predicted octanol–water partition coefficient (Wildman–Crippen LogP) is 2.98. The second-order valence-electron chi connectivity index (χ2n) is 7.23. The molecule has 2 aromatic rings. The molecule has 3 rings (SSSR count). The fourth-order valence-electron chi connectivity index (χ4n) is 2.74. The van der Waals surface area contributed by atoms with E-state index in [1.54, 1.807) is 0 Å². The lowest BCUT2D eigenvalue weighted by Gasteiger charge is -2.46. The number of β-amino-alcohol motifs (C(OH)–C–C–N with tert-alkyl or cyclic N) is 1. The first-order chi connectivity index (χ1) is 10.7. The molecule has 5 nitrogen and oxygen atoms in total. The van der Waals surface area contributed by atoms with Crippen LogP contribution in [0.5, 0.6) is 0 Å². The highest BCUT2D eigenvalue weighted by atomic mass is 16.6. The van der Waals surface area contributed by atoms with E-state index in [0.29, 0.717) is 0 Å². The van der Waals surface area contributed by atoms with Crippen molar-refractivity contribution in [3.05, 3.63) is 41.6 Å². The van der Waals surface area contributed by atoms with E-state index in [1.165, 1.54) is 4.90 Å². The van der Waals surface area contributed by atoms with Crippen LogP contribution in [-0.2, 0) is 10.3 Å². The lowest BCUT2D eigenvalue weighted by molar-refractivity contribution is -0.103. The van der Waals surface area contributed by atoms with Crippen molar-refractivity contribution >= 4 is 17.0 Å². The van der Waals surface area contributed by atoms with Gasteiger partial charge in [-0.05, 0) is 51.5 Å². The number of benzene rings is 1. The lowest BCUT2D eigenvalue weighted by atomic mass is 9.86. The summed E-state index contributed by atoms with van der Waals surface area (Å²) in [5.74, 6) is 0. The van der Waals surface area contributed by atoms with Crippen LogP contribution < -0.4 is 0 Å². The second kappa shape index (κ2) is 5.20. The summed E-state index contributed by atoms with van der Waals surface area (Å²) in [6.45, 7) is 7.92. The molecular formula is C18H22N2O3. The largest absolute Gasteiger partial charge is 0.444 e. The smallest absolute Gasteiger partial charge is 0.410 e. The fourth-order valence-corrected chi connectivity index (χ4v) is 2.74. The minimum Gasteiger partial charge on any atom is -0.444 e. The molecule has 0 unspecified atom stereocenters. The van der Waals surface area contributed by atoms with Crippen molar-refractivity contribution in [2.24, 2.45) is 0 Å². The zero-order valence-corrected chi connectivity index (χ0v) is 14.0. The molecule has 1 amide bonds. The molecule has 0 spiro atoms. The Morgan fingerprint density at radius 3 is 2.61 bits per heavy atom. The highest BCUT2D eigenvalue weighted by Gasteiger charge is 2.46. The number of hydrogen-bond donors (Lipinski definition) is 1. The monoisotopic (exact) mass is 314 g/mol. The van der Waals surface area contributed by atoms with E-state index in [0.717, 1.165) is 22.2 Å². The predicted molar refractivity (Wildman–Crippen MR) is 88.2 cm³/mol. The van der Waals surface area contributed by atoms with Gasteiger partial charge in [0, 0.05) is 11.1 Å². The van der Waals surface area contributed by atoms with Gasteiger partial charge in [0.25, 0.3) is 0 Å². The van der Waals surface area contributed by atoms with Crippen molar-refractivity contribution in [3.63, 3.8) is 0 Å². The zero-order valence-electron chi connectivity index (χ0n) is 14.0. The van der Waals surface area contributed by atoms with Crippen molar-refractivity contribution in [2.75, 3.05) is 13.1 Å². The third-order valence-electron chi connectivity index (χ3n) is 3.92. The van der Waals surface area contributed by atoms with Crippen molar-refractivity contribution < 1.29 is 14.6 Å². The average molecular weight is 314 g/mol. The summed E-state index contributed by atoms with van der Waals surface area (Å²) < 4.78 is 5.32. The quantitative estimate of drug-likeness (QED) is 0.879. The molecule has 5 heteroatoms. The van der Waals surface area contributed by atoms with Crippen molar-refractivity contribution in [3.8, 4) is 0 Å². The van der Waals surface area contributed by atoms with Crippen molar-refractivity contribution in [1.29, 1.82) is 0 Å². The number of likely N-dealkylation sites (tertiary alicyclic amines) is 1. The van der Waals surface area contributed by atoms with Gasteiger partial charge in [-0.2, -0.15) is 0 Å². The number of aromatic nitrogens is 1. The minimum atomic E-state index is -1.02. The van der Waals surface area contributed by atoms with E-state index in [4.69, 9.17) is 4.74 Å². The first kappa shape index (κ1) is 15.7. The Labute approximate surface area is 135 Å². The molecule has 0 atom stereocenters. The highest BCUT2D eigenvalue weighted by Crippen LogP contribution is 2.34. The number of fused-ring (bicyclic) bond motifs is 1. The van der Waals surface area contributed by atoms with Gasteiger partial charge in [-0.15, -0.1) is 0 Å². The highest BCUT2D eigenvalue weighted by molar-refractivity contribution is 5.80. The van der Waals surface area contributed by atoms with E-state index in [1.807, 2.05) is 58.0 Å². The maximum absolute atomic E-state index is 12.0. The van der Waals surface area contributed by atoms with E-state index < -0.39 is 11.2 Å². The normalized spacial score (nSPS) is 17.0. The molecule has 1 aliphatic heterocycles. The number of carbonyl (C=O) groups is 1. The summed E-state index contributed by atoms with van der Waals surface area (Å²) in [4.78, 5) is 18.0. The lowest BCUT2D eigenvalue weighted by Crippen LogP contribution is -2.61. The molecule has 0 bridgehead atoms. The average Bonchev–Trinajstić information content (AvgIpc) is 2.41. The van der Waals surface area contributed by atoms with E-state index in [-0.39, 0.29) is 19.2 Å². The van der Waals surface area contributed by atoms with Gasteiger partial charge < -0.3 is 14.7 Å². The summed E-state index contributed by atoms with van der Waals surface area (Å²) in [6.07, 6.45) is -0.389. The Bertz CT molecular complexity index is 758. The molecule has 2 heterocycles. The van der Waals surface area contributed by atoms with Gasteiger partial charge in [-0.25, -0.2) is 4.79 Å². The third kappa shape index (κ3) is 3.15. The third-order valence-corrected chi connectivity index (χ3v) is 3.92. The molecule has 0 aliphatic carbocycles. The topological polar surface area (TPSA) is 62.7 Å². The molecule has 23 heavy (non-hydrogen) atoms. The first-order valence-electron chi connectivity index (χ1n) is 7.75. The number of aliphatic hydroxyl groups is 1. The summed E-state index contributed by atoms with van der Waals surface area (Å²) in [5, 5.41) is 11.7.